The second kappa shape index (κ2) is 5.54. The highest BCUT2D eigenvalue weighted by atomic mass is 16.5. The first kappa shape index (κ1) is 11.7. The van der Waals surface area contributed by atoms with Crippen molar-refractivity contribution in [3.05, 3.63) is 29.8 Å². The minimum atomic E-state index is -0.00733. The Morgan fingerprint density at radius 2 is 2.12 bits per heavy atom. The number of ether oxygens (including phenoxy) is 1. The minimum absolute atomic E-state index is 0.00733. The van der Waals surface area contributed by atoms with Crippen LogP contribution in [0.25, 0.3) is 0 Å². The monoisotopic (exact) mass is 235 g/mol. The molecule has 0 atom stereocenters. The SMILES string of the molecule is NCc1ccc(OCCN2CCNC2=O)cc1. The Hall–Kier alpha value is -1.75. The maximum Gasteiger partial charge on any atom is 0.317 e. The molecule has 1 aliphatic rings. The number of nitrogens with two attached hydrogens (primary N) is 1. The van der Waals surface area contributed by atoms with Gasteiger partial charge in [-0.25, -0.2) is 4.79 Å². The van der Waals surface area contributed by atoms with Crippen LogP contribution in [0.1, 0.15) is 5.56 Å². The summed E-state index contributed by atoms with van der Waals surface area (Å²) >= 11 is 0. The molecule has 1 saturated heterocycles. The van der Waals surface area contributed by atoms with E-state index in [1.165, 1.54) is 0 Å². The van der Waals surface area contributed by atoms with Gasteiger partial charge in [-0.1, -0.05) is 12.1 Å². The molecule has 1 aromatic rings. The highest BCUT2D eigenvalue weighted by molar-refractivity contribution is 5.76. The van der Waals surface area contributed by atoms with E-state index in [1.54, 1.807) is 4.90 Å². The van der Waals surface area contributed by atoms with Gasteiger partial charge in [-0.2, -0.15) is 0 Å². The van der Waals surface area contributed by atoms with Gasteiger partial charge in [0.2, 0.25) is 0 Å². The van der Waals surface area contributed by atoms with Crippen LogP contribution >= 0.6 is 0 Å². The van der Waals surface area contributed by atoms with Gasteiger partial charge in [-0.3, -0.25) is 0 Å². The van der Waals surface area contributed by atoms with Crippen LogP contribution in [0.2, 0.25) is 0 Å². The zero-order valence-corrected chi connectivity index (χ0v) is 9.69. The lowest BCUT2D eigenvalue weighted by Gasteiger charge is -2.14. The fourth-order valence-corrected chi connectivity index (χ4v) is 1.72. The largest absolute Gasteiger partial charge is 0.492 e. The van der Waals surface area contributed by atoms with Crippen molar-refractivity contribution in [2.45, 2.75) is 6.54 Å². The van der Waals surface area contributed by atoms with Gasteiger partial charge in [-0.15, -0.1) is 0 Å². The maximum atomic E-state index is 11.2. The Balaban J connectivity index is 1.75. The molecule has 2 rings (SSSR count). The van der Waals surface area contributed by atoms with Gasteiger partial charge >= 0.3 is 6.03 Å². The quantitative estimate of drug-likeness (QED) is 0.783. The number of rotatable bonds is 5. The van der Waals surface area contributed by atoms with Crippen molar-refractivity contribution >= 4 is 6.03 Å². The summed E-state index contributed by atoms with van der Waals surface area (Å²) in [7, 11) is 0. The summed E-state index contributed by atoms with van der Waals surface area (Å²) in [5.41, 5.74) is 6.59. The molecule has 0 unspecified atom stereocenters. The van der Waals surface area contributed by atoms with Crippen molar-refractivity contribution in [3.8, 4) is 5.75 Å². The van der Waals surface area contributed by atoms with Crippen LogP contribution in [0.4, 0.5) is 4.79 Å². The van der Waals surface area contributed by atoms with E-state index in [1.807, 2.05) is 24.3 Å². The summed E-state index contributed by atoms with van der Waals surface area (Å²) in [6, 6.07) is 7.67. The summed E-state index contributed by atoms with van der Waals surface area (Å²) in [5, 5.41) is 2.75. The Bertz CT molecular complexity index is 378. The van der Waals surface area contributed by atoms with Crippen LogP contribution in [0, 0.1) is 0 Å². The van der Waals surface area contributed by atoms with Crippen molar-refractivity contribution < 1.29 is 9.53 Å². The van der Waals surface area contributed by atoms with E-state index in [0.717, 1.165) is 24.4 Å². The zero-order chi connectivity index (χ0) is 12.1. The third kappa shape index (κ3) is 3.10. The lowest BCUT2D eigenvalue weighted by atomic mass is 10.2. The van der Waals surface area contributed by atoms with E-state index in [0.29, 0.717) is 19.7 Å². The Kier molecular flexibility index (Phi) is 3.82. The number of amides is 2. The second-order valence-electron chi connectivity index (χ2n) is 3.92. The first-order chi connectivity index (χ1) is 8.29. The number of carbonyl (C=O) groups excluding carboxylic acids is 1. The third-order valence-corrected chi connectivity index (χ3v) is 2.73. The summed E-state index contributed by atoms with van der Waals surface area (Å²) < 4.78 is 5.55. The predicted molar refractivity (Wildman–Crippen MR) is 64.8 cm³/mol. The molecule has 92 valence electrons. The van der Waals surface area contributed by atoms with Crippen LogP contribution < -0.4 is 15.8 Å². The lowest BCUT2D eigenvalue weighted by Crippen LogP contribution is -2.31. The fraction of sp³-hybridized carbons (Fsp3) is 0.417. The predicted octanol–water partition coefficient (Wildman–Crippen LogP) is 0.549. The summed E-state index contributed by atoms with van der Waals surface area (Å²) in [5.74, 6) is 0.807. The normalized spacial score (nSPS) is 14.9. The van der Waals surface area contributed by atoms with Gasteiger partial charge in [0.05, 0.1) is 6.54 Å². The Morgan fingerprint density at radius 1 is 1.35 bits per heavy atom. The van der Waals surface area contributed by atoms with Crippen LogP contribution in [0.5, 0.6) is 5.75 Å². The summed E-state index contributed by atoms with van der Waals surface area (Å²) in [6.45, 7) is 3.15. The first-order valence-corrected chi connectivity index (χ1v) is 5.74. The fourth-order valence-electron chi connectivity index (χ4n) is 1.72. The second-order valence-corrected chi connectivity index (χ2v) is 3.92. The molecule has 0 saturated carbocycles. The molecule has 1 aromatic carbocycles. The van der Waals surface area contributed by atoms with Gasteiger partial charge in [0.25, 0.3) is 0 Å². The molecule has 0 spiro atoms. The van der Waals surface area contributed by atoms with Gasteiger partial charge in [0, 0.05) is 19.6 Å². The molecule has 5 heteroatoms. The molecular weight excluding hydrogens is 218 g/mol. The van der Waals surface area contributed by atoms with Gasteiger partial charge in [0.1, 0.15) is 12.4 Å². The lowest BCUT2D eigenvalue weighted by molar-refractivity contribution is 0.202. The molecule has 0 bridgehead atoms. The van der Waals surface area contributed by atoms with E-state index in [4.69, 9.17) is 10.5 Å². The Morgan fingerprint density at radius 3 is 2.71 bits per heavy atom. The summed E-state index contributed by atoms with van der Waals surface area (Å²) in [4.78, 5) is 13.0. The van der Waals surface area contributed by atoms with Crippen LogP contribution in [0.3, 0.4) is 0 Å². The molecule has 17 heavy (non-hydrogen) atoms. The molecule has 0 aliphatic carbocycles. The average molecular weight is 235 g/mol. The standard InChI is InChI=1S/C12H17N3O2/c13-9-10-1-3-11(4-2-10)17-8-7-15-6-5-14-12(15)16/h1-4H,5-9,13H2,(H,14,16). The number of nitrogens with zero attached hydrogens (tertiary/aromatic N) is 1. The highest BCUT2D eigenvalue weighted by Gasteiger charge is 2.18. The molecule has 0 aromatic heterocycles. The van der Waals surface area contributed by atoms with Crippen LogP contribution in [-0.2, 0) is 6.54 Å². The van der Waals surface area contributed by atoms with Gasteiger partial charge in [0.15, 0.2) is 0 Å². The van der Waals surface area contributed by atoms with E-state index in [2.05, 4.69) is 5.32 Å². The molecule has 2 amide bonds. The minimum Gasteiger partial charge on any atom is -0.492 e. The molecule has 1 fully saturated rings. The van der Waals surface area contributed by atoms with Crippen molar-refractivity contribution in [1.29, 1.82) is 0 Å². The topological polar surface area (TPSA) is 67.6 Å². The summed E-state index contributed by atoms with van der Waals surface area (Å²) in [6.07, 6.45) is 0. The van der Waals surface area contributed by atoms with Gasteiger partial charge in [-0.05, 0) is 17.7 Å². The number of urea groups is 1. The van der Waals surface area contributed by atoms with Crippen molar-refractivity contribution in [2.24, 2.45) is 5.73 Å². The molecule has 0 radical (unpaired) electrons. The van der Waals surface area contributed by atoms with E-state index >= 15 is 0 Å². The number of hydrogen-bond donors (Lipinski definition) is 2. The van der Waals surface area contributed by atoms with Crippen molar-refractivity contribution in [3.63, 3.8) is 0 Å². The Labute approximate surface area is 101 Å². The van der Waals surface area contributed by atoms with E-state index < -0.39 is 0 Å². The van der Waals surface area contributed by atoms with E-state index in [-0.39, 0.29) is 6.03 Å². The number of hydrogen-bond acceptors (Lipinski definition) is 3. The molecule has 5 nitrogen and oxygen atoms in total. The number of carbonyl (C=O) groups is 1. The maximum absolute atomic E-state index is 11.2. The molecular formula is C12H17N3O2. The van der Waals surface area contributed by atoms with Crippen molar-refractivity contribution in [2.75, 3.05) is 26.2 Å². The van der Waals surface area contributed by atoms with E-state index in [9.17, 15) is 4.79 Å². The van der Waals surface area contributed by atoms with Crippen molar-refractivity contribution in [1.82, 2.24) is 10.2 Å². The van der Waals surface area contributed by atoms with Crippen LogP contribution in [-0.4, -0.2) is 37.2 Å². The van der Waals surface area contributed by atoms with Gasteiger partial charge < -0.3 is 20.7 Å². The number of nitrogens with one attached hydrogen (secondary N) is 1. The molecule has 1 aliphatic heterocycles. The first-order valence-electron chi connectivity index (χ1n) is 5.74. The van der Waals surface area contributed by atoms with Crippen LogP contribution in [0.15, 0.2) is 24.3 Å². The molecule has 3 N–H and O–H groups in total. The average Bonchev–Trinajstić information content (AvgIpc) is 2.76. The molecule has 1 heterocycles. The number of benzene rings is 1. The third-order valence-electron chi connectivity index (χ3n) is 2.73. The zero-order valence-electron chi connectivity index (χ0n) is 9.69. The highest BCUT2D eigenvalue weighted by Crippen LogP contribution is 2.11. The smallest absolute Gasteiger partial charge is 0.317 e.